The largest absolute Gasteiger partial charge is 0.460 e. The minimum Gasteiger partial charge on any atom is -0.460 e. The summed E-state index contributed by atoms with van der Waals surface area (Å²) in [6.07, 6.45) is 15.0. The van der Waals surface area contributed by atoms with Crippen molar-refractivity contribution in [1.29, 1.82) is 0 Å². The zero-order valence-electron chi connectivity index (χ0n) is 36.2. The fourth-order valence-corrected chi connectivity index (χ4v) is 6.38. The highest BCUT2D eigenvalue weighted by molar-refractivity contribution is 5.83. The molecule has 1 fully saturated rings. The molecule has 2 heterocycles. The first-order valence-electron chi connectivity index (χ1n) is 21.1. The Morgan fingerprint density at radius 1 is 0.643 bits per heavy atom. The molecule has 0 saturated carbocycles. The van der Waals surface area contributed by atoms with E-state index < -0.39 is 28.9 Å². The topological polar surface area (TPSA) is 162 Å². The van der Waals surface area contributed by atoms with Crippen molar-refractivity contribution in [3.8, 4) is 0 Å². The maximum Gasteiger partial charge on any atom is 0.410 e. The minimum atomic E-state index is -0.596. The van der Waals surface area contributed by atoms with Gasteiger partial charge in [0, 0.05) is 58.2 Å². The van der Waals surface area contributed by atoms with Crippen molar-refractivity contribution in [3.05, 3.63) is 11.9 Å². The second kappa shape index (κ2) is 24.1. The van der Waals surface area contributed by atoms with Crippen LogP contribution in [0, 0.1) is 0 Å². The number of carbonyl (C=O) groups is 5. The molecular weight excluding hydrogens is 716 g/mol. The second-order valence-corrected chi connectivity index (χ2v) is 18.1. The lowest BCUT2D eigenvalue weighted by molar-refractivity contribution is -0.155. The summed E-state index contributed by atoms with van der Waals surface area (Å²) < 4.78 is 17.8. The number of aromatic nitrogens is 3. The van der Waals surface area contributed by atoms with Crippen LogP contribution in [0.5, 0.6) is 0 Å². The van der Waals surface area contributed by atoms with Crippen LogP contribution in [0.3, 0.4) is 0 Å². The van der Waals surface area contributed by atoms with Gasteiger partial charge in [-0.15, -0.1) is 5.10 Å². The van der Waals surface area contributed by atoms with Gasteiger partial charge in [0.15, 0.2) is 5.78 Å². The average Bonchev–Trinajstić information content (AvgIpc) is 3.54. The van der Waals surface area contributed by atoms with E-state index in [2.05, 4.69) is 15.6 Å². The highest BCUT2D eigenvalue weighted by Gasteiger charge is 2.28. The van der Waals surface area contributed by atoms with E-state index in [0.717, 1.165) is 82.7 Å². The third-order valence-corrected chi connectivity index (χ3v) is 9.17. The minimum absolute atomic E-state index is 0.0534. The molecule has 0 spiro atoms. The molecule has 1 aromatic heterocycles. The Morgan fingerprint density at radius 3 is 1.73 bits per heavy atom. The van der Waals surface area contributed by atoms with Crippen molar-refractivity contribution in [2.75, 3.05) is 32.7 Å². The molecule has 1 atom stereocenters. The number of carbonyl (C=O) groups excluding carboxylic acids is 5. The van der Waals surface area contributed by atoms with Crippen LogP contribution in [0.25, 0.3) is 0 Å². The lowest BCUT2D eigenvalue weighted by Crippen LogP contribution is -2.51. The summed E-state index contributed by atoms with van der Waals surface area (Å²) in [5, 5.41) is 11.4. The molecule has 1 aliphatic heterocycles. The van der Waals surface area contributed by atoms with E-state index in [-0.39, 0.29) is 30.2 Å². The summed E-state index contributed by atoms with van der Waals surface area (Å²) in [7, 11) is 0. The van der Waals surface area contributed by atoms with E-state index in [9.17, 15) is 24.0 Å². The molecule has 320 valence electrons. The molecule has 1 saturated heterocycles. The predicted molar refractivity (Wildman–Crippen MR) is 216 cm³/mol. The number of ketones is 1. The predicted octanol–water partition coefficient (Wildman–Crippen LogP) is 8.12. The molecular formula is C42H74N6O8. The summed E-state index contributed by atoms with van der Waals surface area (Å²) in [5.41, 5.74) is -0.853. The number of amides is 3. The maximum atomic E-state index is 13.5. The van der Waals surface area contributed by atoms with Gasteiger partial charge in [-0.25, -0.2) is 14.3 Å². The van der Waals surface area contributed by atoms with Crippen LogP contribution in [-0.2, 0) is 35.0 Å². The van der Waals surface area contributed by atoms with E-state index in [4.69, 9.17) is 14.2 Å². The Bertz CT molecular complexity index is 1350. The molecule has 0 bridgehead atoms. The Balaban J connectivity index is 1.65. The molecule has 14 heteroatoms. The summed E-state index contributed by atoms with van der Waals surface area (Å²) in [4.78, 5) is 66.3. The molecule has 0 radical (unpaired) electrons. The number of aryl methyl sites for hydroxylation is 1. The molecule has 1 aromatic rings. The lowest BCUT2D eigenvalue weighted by Gasteiger charge is -2.35. The van der Waals surface area contributed by atoms with Gasteiger partial charge in [-0.2, -0.15) is 0 Å². The molecule has 0 aromatic carbocycles. The van der Waals surface area contributed by atoms with Gasteiger partial charge in [0.1, 0.15) is 22.8 Å². The van der Waals surface area contributed by atoms with Gasteiger partial charge < -0.3 is 29.3 Å². The van der Waals surface area contributed by atoms with Crippen molar-refractivity contribution in [2.45, 2.75) is 194 Å². The fraction of sp³-hybridized carbons (Fsp3) is 0.833. The first kappa shape index (κ1) is 48.4. The van der Waals surface area contributed by atoms with Crippen LogP contribution >= 0.6 is 0 Å². The van der Waals surface area contributed by atoms with Gasteiger partial charge in [-0.05, 0) is 101 Å². The van der Waals surface area contributed by atoms with Crippen molar-refractivity contribution in [3.63, 3.8) is 0 Å². The van der Waals surface area contributed by atoms with E-state index >= 15 is 0 Å². The number of piperazine rings is 1. The number of rotatable bonds is 23. The second-order valence-electron chi connectivity index (χ2n) is 18.1. The van der Waals surface area contributed by atoms with E-state index in [1.165, 1.54) is 0 Å². The smallest absolute Gasteiger partial charge is 0.410 e. The number of hydrogen-bond acceptors (Lipinski definition) is 10. The zero-order valence-corrected chi connectivity index (χ0v) is 36.2. The van der Waals surface area contributed by atoms with Gasteiger partial charge >= 0.3 is 18.2 Å². The quantitative estimate of drug-likeness (QED) is 0.0651. The van der Waals surface area contributed by atoms with E-state index in [1.807, 2.05) is 73.4 Å². The Morgan fingerprint density at radius 2 is 1.16 bits per heavy atom. The molecule has 1 N–H and O–H groups in total. The first-order valence-corrected chi connectivity index (χ1v) is 21.1. The number of nitrogens with one attached hydrogen (secondary N) is 1. The number of Topliss-reactive ketones (excluding diaryl/α,β-unsaturated/α-hetero) is 1. The summed E-state index contributed by atoms with van der Waals surface area (Å²) in [5.74, 6) is -0.118. The van der Waals surface area contributed by atoms with Crippen LogP contribution in [0.4, 0.5) is 9.59 Å². The Hall–Kier alpha value is -3.71. The molecule has 3 amide bonds. The van der Waals surface area contributed by atoms with Crippen LogP contribution in [0.2, 0.25) is 0 Å². The standard InChI is InChI=1S/C42H74N6O8/c1-40(2,3)54-37(51)26-25-34(48-32-33(44-45-48)22-18-17-21-27-43-38(52)55-41(4,5)6)35(49)23-19-15-13-11-10-12-14-16-20-24-36(50)46-28-30-47(31-29-46)39(53)56-42(7,8)9/h32,34H,10-31H2,1-9H3,(H,43,52)/t34-/m0/s1. The fourth-order valence-electron chi connectivity index (χ4n) is 6.38. The third-order valence-electron chi connectivity index (χ3n) is 9.17. The molecule has 1 aliphatic rings. The third kappa shape index (κ3) is 22.1. The molecule has 0 unspecified atom stereocenters. The monoisotopic (exact) mass is 791 g/mol. The summed E-state index contributed by atoms with van der Waals surface area (Å²) >= 11 is 0. The molecule has 0 aliphatic carbocycles. The van der Waals surface area contributed by atoms with Gasteiger partial charge in [0.2, 0.25) is 5.91 Å². The van der Waals surface area contributed by atoms with Crippen LogP contribution in [0.15, 0.2) is 6.20 Å². The highest BCUT2D eigenvalue weighted by atomic mass is 16.6. The molecule has 14 nitrogen and oxygen atoms in total. The lowest BCUT2D eigenvalue weighted by atomic mass is 10.00. The van der Waals surface area contributed by atoms with Crippen molar-refractivity contribution >= 4 is 29.8 Å². The van der Waals surface area contributed by atoms with E-state index in [0.29, 0.717) is 58.4 Å². The van der Waals surface area contributed by atoms with Crippen molar-refractivity contribution < 1.29 is 38.2 Å². The highest BCUT2D eigenvalue weighted by Crippen LogP contribution is 2.22. The number of esters is 1. The number of alkyl carbamates (subject to hydrolysis) is 1. The number of unbranched alkanes of at least 4 members (excludes halogenated alkanes) is 10. The van der Waals surface area contributed by atoms with Gasteiger partial charge in [0.25, 0.3) is 0 Å². The van der Waals surface area contributed by atoms with Crippen LogP contribution in [0.1, 0.15) is 177 Å². The Kier molecular flexibility index (Phi) is 20.9. The summed E-state index contributed by atoms with van der Waals surface area (Å²) in [6.45, 7) is 19.2. The van der Waals surface area contributed by atoms with Gasteiger partial charge in [-0.3, -0.25) is 14.4 Å². The average molecular weight is 791 g/mol. The SMILES string of the molecule is CC(C)(C)OC(=O)CC[C@@H](C(=O)CCCCCCCCCCCC(=O)N1CCN(C(=O)OC(C)(C)C)CC1)n1cc(CCCCCNC(=O)OC(C)(C)C)nn1. The van der Waals surface area contributed by atoms with Crippen molar-refractivity contribution in [1.82, 2.24) is 30.1 Å². The normalized spacial score (nSPS) is 14.3. The number of ether oxygens (including phenoxy) is 3. The van der Waals surface area contributed by atoms with E-state index in [1.54, 1.807) is 9.58 Å². The van der Waals surface area contributed by atoms with Gasteiger partial charge in [0.05, 0.1) is 5.69 Å². The van der Waals surface area contributed by atoms with Crippen LogP contribution in [-0.4, -0.2) is 104 Å². The molecule has 56 heavy (non-hydrogen) atoms. The zero-order chi connectivity index (χ0) is 41.8. The van der Waals surface area contributed by atoms with Crippen LogP contribution < -0.4 is 5.32 Å². The number of nitrogens with zero attached hydrogens (tertiary/aromatic N) is 5. The maximum absolute atomic E-state index is 13.5. The number of hydrogen-bond donors (Lipinski definition) is 1. The molecule has 2 rings (SSSR count). The first-order chi connectivity index (χ1) is 26.2. The van der Waals surface area contributed by atoms with Gasteiger partial charge in [-0.1, -0.05) is 56.6 Å². The Labute approximate surface area is 336 Å². The van der Waals surface area contributed by atoms with Crippen molar-refractivity contribution in [2.24, 2.45) is 0 Å². The summed E-state index contributed by atoms with van der Waals surface area (Å²) in [6, 6.07) is -0.574.